The van der Waals surface area contributed by atoms with Gasteiger partial charge in [-0.15, -0.1) is 0 Å². The molecule has 2 N–H and O–H groups in total. The predicted octanol–water partition coefficient (Wildman–Crippen LogP) is 0.0252. The van der Waals surface area contributed by atoms with Gasteiger partial charge in [0.2, 0.25) is 17.8 Å². The highest BCUT2D eigenvalue weighted by atomic mass is 16.5. The Balaban J connectivity index is 2.32. The van der Waals surface area contributed by atoms with Crippen LogP contribution in [-0.4, -0.2) is 53.1 Å². The summed E-state index contributed by atoms with van der Waals surface area (Å²) in [4.78, 5) is 26.3. The summed E-state index contributed by atoms with van der Waals surface area (Å²) in [5, 5.41) is 5.68. The summed E-state index contributed by atoms with van der Waals surface area (Å²) >= 11 is 0. The van der Waals surface area contributed by atoms with E-state index in [0.29, 0.717) is 25.0 Å². The van der Waals surface area contributed by atoms with Crippen molar-refractivity contribution in [2.45, 2.75) is 32.9 Å². The highest BCUT2D eigenvalue weighted by molar-refractivity contribution is 5.85. The van der Waals surface area contributed by atoms with Gasteiger partial charge in [-0.05, 0) is 20.8 Å². The maximum absolute atomic E-state index is 11.7. The lowest BCUT2D eigenvalue weighted by molar-refractivity contribution is -0.122. The first-order chi connectivity index (χ1) is 9.51. The zero-order chi connectivity index (χ0) is 14.7. The van der Waals surface area contributed by atoms with Gasteiger partial charge in [-0.2, -0.15) is 15.0 Å². The molecular weight excluding hydrogens is 260 g/mol. The maximum Gasteiger partial charge on any atom is 0.323 e. The molecule has 1 aliphatic rings. The van der Waals surface area contributed by atoms with E-state index in [-0.39, 0.29) is 24.1 Å². The predicted molar refractivity (Wildman–Crippen MR) is 75.0 cm³/mol. The Labute approximate surface area is 118 Å². The average Bonchev–Trinajstić information content (AvgIpc) is 2.40. The number of anilines is 2. The van der Waals surface area contributed by atoms with Crippen molar-refractivity contribution in [2.24, 2.45) is 0 Å². The van der Waals surface area contributed by atoms with E-state index in [0.717, 1.165) is 0 Å². The fourth-order valence-electron chi connectivity index (χ4n) is 1.91. The van der Waals surface area contributed by atoms with Crippen LogP contribution in [0.4, 0.5) is 11.9 Å². The molecule has 8 heteroatoms. The molecule has 1 aliphatic heterocycles. The van der Waals surface area contributed by atoms with E-state index in [4.69, 9.17) is 4.74 Å². The van der Waals surface area contributed by atoms with Gasteiger partial charge < -0.3 is 20.3 Å². The Morgan fingerprint density at radius 2 is 2.15 bits per heavy atom. The fraction of sp³-hybridized carbons (Fsp3) is 0.667. The Hall–Kier alpha value is -2.12. The maximum atomic E-state index is 11.7. The number of ether oxygens (including phenoxy) is 1. The molecule has 1 aromatic rings. The topological polar surface area (TPSA) is 92.3 Å². The molecule has 0 bridgehead atoms. The van der Waals surface area contributed by atoms with Gasteiger partial charge in [0.15, 0.2) is 0 Å². The molecule has 1 unspecified atom stereocenters. The van der Waals surface area contributed by atoms with E-state index >= 15 is 0 Å². The molecular formula is C12H20N6O2. The van der Waals surface area contributed by atoms with Crippen LogP contribution in [0.25, 0.3) is 0 Å². The normalized spacial score (nSPS) is 18.9. The van der Waals surface area contributed by atoms with Crippen LogP contribution >= 0.6 is 0 Å². The lowest BCUT2D eigenvalue weighted by Crippen LogP contribution is -2.54. The Bertz CT molecular complexity index is 493. The highest BCUT2D eigenvalue weighted by Crippen LogP contribution is 2.18. The zero-order valence-electron chi connectivity index (χ0n) is 12.2. The lowest BCUT2D eigenvalue weighted by atomic mass is 10.2. The third kappa shape index (κ3) is 3.06. The van der Waals surface area contributed by atoms with Crippen molar-refractivity contribution in [3.05, 3.63) is 0 Å². The van der Waals surface area contributed by atoms with Gasteiger partial charge in [0.25, 0.3) is 0 Å². The van der Waals surface area contributed by atoms with Crippen LogP contribution in [0.5, 0.6) is 6.01 Å². The fourth-order valence-corrected chi connectivity index (χ4v) is 1.91. The van der Waals surface area contributed by atoms with Gasteiger partial charge >= 0.3 is 6.01 Å². The van der Waals surface area contributed by atoms with Gasteiger partial charge in [0, 0.05) is 20.1 Å². The van der Waals surface area contributed by atoms with Crippen LogP contribution in [0.2, 0.25) is 0 Å². The van der Waals surface area contributed by atoms with Gasteiger partial charge in [-0.3, -0.25) is 4.79 Å². The zero-order valence-corrected chi connectivity index (χ0v) is 12.2. The largest absolute Gasteiger partial charge is 0.461 e. The summed E-state index contributed by atoms with van der Waals surface area (Å²) in [7, 11) is 1.73. The van der Waals surface area contributed by atoms with Crippen molar-refractivity contribution in [1.29, 1.82) is 0 Å². The van der Waals surface area contributed by atoms with Crippen molar-refractivity contribution in [3.8, 4) is 6.01 Å². The quantitative estimate of drug-likeness (QED) is 0.803. The first kappa shape index (κ1) is 14.3. The number of hydrogen-bond donors (Lipinski definition) is 2. The summed E-state index contributed by atoms with van der Waals surface area (Å²) in [6, 6.07) is -0.0599. The van der Waals surface area contributed by atoms with Crippen molar-refractivity contribution >= 4 is 17.8 Å². The molecule has 1 fully saturated rings. The second kappa shape index (κ2) is 5.89. The monoisotopic (exact) mass is 280 g/mol. The van der Waals surface area contributed by atoms with Crippen molar-refractivity contribution in [1.82, 2.24) is 20.3 Å². The van der Waals surface area contributed by atoms with E-state index in [9.17, 15) is 4.79 Å². The molecule has 110 valence electrons. The Morgan fingerprint density at radius 3 is 2.80 bits per heavy atom. The first-order valence-electron chi connectivity index (χ1n) is 6.66. The first-order valence-corrected chi connectivity index (χ1v) is 6.66. The molecule has 0 spiro atoms. The standard InChI is InChI=1S/C12H20N6O2/c1-7(2)20-12-16-10(13-4)15-11(17-12)18-6-5-14-9(19)8(18)3/h7-8H,5-6H2,1-4H3,(H,14,19)(H,13,15,16,17). The van der Waals surface area contributed by atoms with Crippen LogP contribution in [0, 0.1) is 0 Å². The second-order valence-electron chi connectivity index (χ2n) is 4.82. The molecule has 1 saturated heterocycles. The third-order valence-corrected chi connectivity index (χ3v) is 2.92. The summed E-state index contributed by atoms with van der Waals surface area (Å²) in [6.45, 7) is 6.85. The highest BCUT2D eigenvalue weighted by Gasteiger charge is 2.28. The van der Waals surface area contributed by atoms with Gasteiger partial charge in [-0.25, -0.2) is 0 Å². The minimum atomic E-state index is -0.317. The van der Waals surface area contributed by atoms with E-state index in [2.05, 4.69) is 25.6 Å². The minimum Gasteiger partial charge on any atom is -0.461 e. The van der Waals surface area contributed by atoms with Crippen molar-refractivity contribution < 1.29 is 9.53 Å². The van der Waals surface area contributed by atoms with Gasteiger partial charge in [-0.1, -0.05) is 0 Å². The Morgan fingerprint density at radius 1 is 1.40 bits per heavy atom. The number of hydrogen-bond acceptors (Lipinski definition) is 7. The van der Waals surface area contributed by atoms with Crippen molar-refractivity contribution in [3.63, 3.8) is 0 Å². The Kier molecular flexibility index (Phi) is 4.21. The number of piperazine rings is 1. The smallest absolute Gasteiger partial charge is 0.323 e. The molecule has 1 amide bonds. The average molecular weight is 280 g/mol. The number of carbonyl (C=O) groups is 1. The molecule has 8 nitrogen and oxygen atoms in total. The van der Waals surface area contributed by atoms with Crippen LogP contribution in [0.3, 0.4) is 0 Å². The van der Waals surface area contributed by atoms with Gasteiger partial charge in [0.1, 0.15) is 6.04 Å². The van der Waals surface area contributed by atoms with Gasteiger partial charge in [0.05, 0.1) is 6.10 Å². The number of nitrogens with zero attached hydrogens (tertiary/aromatic N) is 4. The SMILES string of the molecule is CNc1nc(OC(C)C)nc(N2CCNC(=O)C2C)n1. The number of aromatic nitrogens is 3. The third-order valence-electron chi connectivity index (χ3n) is 2.92. The molecule has 2 heterocycles. The van der Waals surface area contributed by atoms with E-state index in [1.165, 1.54) is 0 Å². The second-order valence-corrected chi connectivity index (χ2v) is 4.82. The number of amides is 1. The van der Waals surface area contributed by atoms with E-state index in [1.54, 1.807) is 7.05 Å². The molecule has 2 rings (SSSR count). The summed E-state index contributed by atoms with van der Waals surface area (Å²) < 4.78 is 5.52. The van der Waals surface area contributed by atoms with E-state index < -0.39 is 0 Å². The van der Waals surface area contributed by atoms with Crippen LogP contribution in [0.1, 0.15) is 20.8 Å². The molecule has 0 saturated carbocycles. The van der Waals surface area contributed by atoms with Crippen molar-refractivity contribution in [2.75, 3.05) is 30.4 Å². The summed E-state index contributed by atoms with van der Waals surface area (Å²) in [6.07, 6.45) is -0.0305. The lowest BCUT2D eigenvalue weighted by Gasteiger charge is -2.32. The molecule has 0 radical (unpaired) electrons. The van der Waals surface area contributed by atoms with Crippen LogP contribution in [0.15, 0.2) is 0 Å². The van der Waals surface area contributed by atoms with E-state index in [1.807, 2.05) is 25.7 Å². The molecule has 0 aromatic carbocycles. The van der Waals surface area contributed by atoms with Crippen LogP contribution < -0.4 is 20.3 Å². The molecule has 0 aliphatic carbocycles. The van der Waals surface area contributed by atoms with Crippen LogP contribution in [-0.2, 0) is 4.79 Å². The number of nitrogens with one attached hydrogen (secondary N) is 2. The minimum absolute atomic E-state index is 0.0305. The molecule has 1 atom stereocenters. The molecule has 1 aromatic heterocycles. The summed E-state index contributed by atoms with van der Waals surface area (Å²) in [5.74, 6) is 0.833. The number of carbonyl (C=O) groups excluding carboxylic acids is 1. The number of rotatable bonds is 4. The molecule has 20 heavy (non-hydrogen) atoms. The summed E-state index contributed by atoms with van der Waals surface area (Å²) in [5.41, 5.74) is 0.